The highest BCUT2D eigenvalue weighted by Gasteiger charge is 2.42. The predicted molar refractivity (Wildman–Crippen MR) is 54.6 cm³/mol. The molecule has 0 amide bonds. The number of fused-ring (bicyclic) bond motifs is 1. The van der Waals surface area contributed by atoms with Crippen molar-refractivity contribution in [3.63, 3.8) is 0 Å². The van der Waals surface area contributed by atoms with Crippen LogP contribution in [0, 0.1) is 0 Å². The average Bonchev–Trinajstić information content (AvgIpc) is 2.41. The van der Waals surface area contributed by atoms with E-state index in [1.165, 1.54) is 0 Å². The molecule has 1 aromatic rings. The highest BCUT2D eigenvalue weighted by atomic mass is 16.5. The average molecular weight is 188 g/mol. The summed E-state index contributed by atoms with van der Waals surface area (Å²) < 4.78 is 5.63. The summed E-state index contributed by atoms with van der Waals surface area (Å²) >= 11 is 0. The Bertz CT molecular complexity index is 395. The molecule has 0 fully saturated rings. The third-order valence-electron chi connectivity index (χ3n) is 2.48. The molecule has 1 atom stereocenters. The van der Waals surface area contributed by atoms with Crippen LogP contribution in [-0.4, -0.2) is 11.4 Å². The van der Waals surface area contributed by atoms with Gasteiger partial charge < -0.3 is 4.74 Å². The van der Waals surface area contributed by atoms with Crippen molar-refractivity contribution in [1.82, 2.24) is 0 Å². The van der Waals surface area contributed by atoms with Crippen molar-refractivity contribution in [3.05, 3.63) is 42.5 Å². The molecule has 0 radical (unpaired) electrons. The second-order valence-electron chi connectivity index (χ2n) is 3.65. The lowest BCUT2D eigenvalue weighted by Gasteiger charge is -2.19. The highest BCUT2D eigenvalue weighted by molar-refractivity contribution is 6.07. The van der Waals surface area contributed by atoms with Crippen LogP contribution in [0.1, 0.15) is 23.7 Å². The first-order chi connectivity index (χ1) is 6.67. The summed E-state index contributed by atoms with van der Waals surface area (Å²) in [5.74, 6) is 0.731. The van der Waals surface area contributed by atoms with Gasteiger partial charge in [0, 0.05) is 6.42 Å². The molecule has 0 spiro atoms. The Morgan fingerprint density at radius 2 is 2.21 bits per heavy atom. The van der Waals surface area contributed by atoms with Crippen LogP contribution in [0.5, 0.6) is 5.75 Å². The van der Waals surface area contributed by atoms with Gasteiger partial charge in [-0.05, 0) is 19.1 Å². The molecule has 1 aromatic carbocycles. The van der Waals surface area contributed by atoms with Crippen LogP contribution in [0.15, 0.2) is 36.9 Å². The largest absolute Gasteiger partial charge is 0.478 e. The van der Waals surface area contributed by atoms with Gasteiger partial charge in [-0.15, -0.1) is 6.58 Å². The summed E-state index contributed by atoms with van der Waals surface area (Å²) in [5, 5.41) is 0. The molecule has 1 aliphatic rings. The monoisotopic (exact) mass is 188 g/mol. The molecule has 14 heavy (non-hydrogen) atoms. The second-order valence-corrected chi connectivity index (χ2v) is 3.65. The van der Waals surface area contributed by atoms with E-state index < -0.39 is 5.60 Å². The molecule has 1 heterocycles. The zero-order valence-electron chi connectivity index (χ0n) is 8.12. The molecule has 0 saturated carbocycles. The van der Waals surface area contributed by atoms with Gasteiger partial charge in [-0.2, -0.15) is 0 Å². The topological polar surface area (TPSA) is 26.3 Å². The van der Waals surface area contributed by atoms with E-state index in [1.807, 2.05) is 18.2 Å². The van der Waals surface area contributed by atoms with Crippen LogP contribution in [-0.2, 0) is 0 Å². The molecule has 0 aromatic heterocycles. The molecule has 0 aliphatic carbocycles. The van der Waals surface area contributed by atoms with E-state index in [-0.39, 0.29) is 5.78 Å². The first kappa shape index (κ1) is 9.00. The van der Waals surface area contributed by atoms with Crippen molar-refractivity contribution in [1.29, 1.82) is 0 Å². The Balaban J connectivity index is 2.43. The van der Waals surface area contributed by atoms with Crippen molar-refractivity contribution in [2.24, 2.45) is 0 Å². The highest BCUT2D eigenvalue weighted by Crippen LogP contribution is 2.36. The molecule has 1 aliphatic heterocycles. The van der Waals surface area contributed by atoms with Crippen LogP contribution in [0.3, 0.4) is 0 Å². The minimum absolute atomic E-state index is 0.0491. The fraction of sp³-hybridized carbons (Fsp3) is 0.250. The van der Waals surface area contributed by atoms with Crippen molar-refractivity contribution < 1.29 is 9.53 Å². The second kappa shape index (κ2) is 2.98. The van der Waals surface area contributed by atoms with Crippen LogP contribution < -0.4 is 4.74 Å². The van der Waals surface area contributed by atoms with Crippen LogP contribution in [0.4, 0.5) is 0 Å². The number of benzene rings is 1. The number of hydrogen-bond acceptors (Lipinski definition) is 2. The van der Waals surface area contributed by atoms with E-state index >= 15 is 0 Å². The number of para-hydroxylation sites is 1. The molecule has 2 nitrogen and oxygen atoms in total. The number of carbonyl (C=O) groups is 1. The SMILES string of the molecule is C=CCC1(C)Oc2ccccc2C1=O. The van der Waals surface area contributed by atoms with Gasteiger partial charge in [-0.3, -0.25) is 4.79 Å². The van der Waals surface area contributed by atoms with Gasteiger partial charge in [-0.1, -0.05) is 18.2 Å². The fourth-order valence-electron chi connectivity index (χ4n) is 1.73. The van der Waals surface area contributed by atoms with Gasteiger partial charge in [0.2, 0.25) is 5.78 Å². The minimum Gasteiger partial charge on any atom is -0.478 e. The van der Waals surface area contributed by atoms with Crippen molar-refractivity contribution >= 4 is 5.78 Å². The lowest BCUT2D eigenvalue weighted by atomic mass is 9.94. The van der Waals surface area contributed by atoms with E-state index in [0.29, 0.717) is 17.7 Å². The van der Waals surface area contributed by atoms with E-state index in [0.717, 1.165) is 0 Å². The predicted octanol–water partition coefficient (Wildman–Crippen LogP) is 2.60. The third kappa shape index (κ3) is 1.15. The van der Waals surface area contributed by atoms with E-state index in [1.54, 1.807) is 19.1 Å². The van der Waals surface area contributed by atoms with Crippen molar-refractivity contribution in [2.45, 2.75) is 18.9 Å². The fourth-order valence-corrected chi connectivity index (χ4v) is 1.73. The zero-order chi connectivity index (χ0) is 10.2. The lowest BCUT2D eigenvalue weighted by Crippen LogP contribution is -2.35. The summed E-state index contributed by atoms with van der Waals surface area (Å²) in [6.45, 7) is 5.44. The molecule has 0 bridgehead atoms. The van der Waals surface area contributed by atoms with Crippen molar-refractivity contribution in [2.75, 3.05) is 0 Å². The Hall–Kier alpha value is -1.57. The summed E-state index contributed by atoms with van der Waals surface area (Å²) in [6.07, 6.45) is 2.25. The zero-order valence-corrected chi connectivity index (χ0v) is 8.12. The Labute approximate surface area is 83.2 Å². The van der Waals surface area contributed by atoms with E-state index in [9.17, 15) is 4.79 Å². The van der Waals surface area contributed by atoms with Gasteiger partial charge in [0.25, 0.3) is 0 Å². The van der Waals surface area contributed by atoms with Crippen LogP contribution in [0.2, 0.25) is 0 Å². The molecular weight excluding hydrogens is 176 g/mol. The third-order valence-corrected chi connectivity index (χ3v) is 2.48. The number of hydrogen-bond donors (Lipinski definition) is 0. The first-order valence-electron chi connectivity index (χ1n) is 4.61. The van der Waals surface area contributed by atoms with E-state index in [2.05, 4.69) is 6.58 Å². The summed E-state index contributed by atoms with van der Waals surface area (Å²) in [7, 11) is 0. The summed E-state index contributed by atoms with van der Waals surface area (Å²) in [6, 6.07) is 7.33. The Morgan fingerprint density at radius 3 is 2.86 bits per heavy atom. The molecule has 2 rings (SSSR count). The number of carbonyl (C=O) groups excluding carboxylic acids is 1. The number of rotatable bonds is 2. The molecule has 72 valence electrons. The van der Waals surface area contributed by atoms with Gasteiger partial charge in [0.1, 0.15) is 5.75 Å². The maximum atomic E-state index is 11.9. The molecule has 1 unspecified atom stereocenters. The van der Waals surface area contributed by atoms with Gasteiger partial charge in [0.05, 0.1) is 5.56 Å². The van der Waals surface area contributed by atoms with Crippen molar-refractivity contribution in [3.8, 4) is 5.75 Å². The maximum absolute atomic E-state index is 11.9. The smallest absolute Gasteiger partial charge is 0.210 e. The molecular formula is C12H12O2. The van der Waals surface area contributed by atoms with Crippen LogP contribution in [0.25, 0.3) is 0 Å². The maximum Gasteiger partial charge on any atom is 0.210 e. The van der Waals surface area contributed by atoms with Gasteiger partial charge in [0.15, 0.2) is 5.60 Å². The number of ether oxygens (including phenoxy) is 1. The van der Waals surface area contributed by atoms with Gasteiger partial charge in [-0.25, -0.2) is 0 Å². The standard InChI is InChI=1S/C12H12O2/c1-3-8-12(2)11(13)9-6-4-5-7-10(9)14-12/h3-7H,1,8H2,2H3. The molecule has 0 N–H and O–H groups in total. The summed E-state index contributed by atoms with van der Waals surface area (Å²) in [4.78, 5) is 11.9. The number of Topliss-reactive ketones (excluding diaryl/α,β-unsaturated/α-hetero) is 1. The van der Waals surface area contributed by atoms with E-state index in [4.69, 9.17) is 4.74 Å². The van der Waals surface area contributed by atoms with Gasteiger partial charge >= 0.3 is 0 Å². The minimum atomic E-state index is -0.745. The Kier molecular flexibility index (Phi) is 1.92. The van der Waals surface area contributed by atoms with Crippen LogP contribution >= 0.6 is 0 Å². The lowest BCUT2D eigenvalue weighted by molar-refractivity contribution is 0.0637. The summed E-state index contributed by atoms with van der Waals surface area (Å²) in [5.41, 5.74) is -0.0670. The number of ketones is 1. The Morgan fingerprint density at radius 1 is 1.50 bits per heavy atom. The molecule has 2 heteroatoms. The molecule has 0 saturated heterocycles. The quantitative estimate of drug-likeness (QED) is 0.667. The first-order valence-corrected chi connectivity index (χ1v) is 4.61. The normalized spacial score (nSPS) is 24.2.